The SMILES string of the molecule is CNc1ncccc1CN(CCC(C)C)C1CCCC1. The first kappa shape index (κ1) is 15.3. The van der Waals surface area contributed by atoms with Crippen molar-refractivity contribution >= 4 is 5.82 Å². The van der Waals surface area contributed by atoms with E-state index in [1.165, 1.54) is 44.2 Å². The van der Waals surface area contributed by atoms with E-state index in [9.17, 15) is 0 Å². The Morgan fingerprint density at radius 1 is 1.35 bits per heavy atom. The van der Waals surface area contributed by atoms with Crippen LogP contribution in [0.1, 0.15) is 51.5 Å². The first-order valence-electron chi connectivity index (χ1n) is 8.06. The van der Waals surface area contributed by atoms with Crippen LogP contribution in [-0.2, 0) is 6.54 Å². The zero-order valence-corrected chi connectivity index (χ0v) is 13.2. The normalized spacial score (nSPS) is 16.2. The van der Waals surface area contributed by atoms with E-state index in [1.807, 2.05) is 19.3 Å². The topological polar surface area (TPSA) is 28.2 Å². The Morgan fingerprint density at radius 2 is 2.10 bits per heavy atom. The van der Waals surface area contributed by atoms with Crippen LogP contribution in [0.3, 0.4) is 0 Å². The summed E-state index contributed by atoms with van der Waals surface area (Å²) >= 11 is 0. The summed E-state index contributed by atoms with van der Waals surface area (Å²) < 4.78 is 0. The molecule has 3 nitrogen and oxygen atoms in total. The van der Waals surface area contributed by atoms with Crippen molar-refractivity contribution in [3.05, 3.63) is 23.9 Å². The standard InChI is InChI=1S/C17H29N3/c1-14(2)10-12-20(16-8-4-5-9-16)13-15-7-6-11-19-17(15)18-3/h6-7,11,14,16H,4-5,8-10,12-13H2,1-3H3,(H,18,19). The molecule has 0 radical (unpaired) electrons. The van der Waals surface area contributed by atoms with Crippen molar-refractivity contribution < 1.29 is 0 Å². The van der Waals surface area contributed by atoms with Crippen LogP contribution in [0.2, 0.25) is 0 Å². The molecule has 20 heavy (non-hydrogen) atoms. The molecule has 0 unspecified atom stereocenters. The summed E-state index contributed by atoms with van der Waals surface area (Å²) in [6.45, 7) is 6.87. The molecule has 0 aliphatic heterocycles. The molecular formula is C17H29N3. The van der Waals surface area contributed by atoms with Crippen molar-refractivity contribution in [3.63, 3.8) is 0 Å². The number of nitrogens with one attached hydrogen (secondary N) is 1. The second kappa shape index (κ2) is 7.63. The zero-order valence-electron chi connectivity index (χ0n) is 13.2. The number of aromatic nitrogens is 1. The van der Waals surface area contributed by atoms with Gasteiger partial charge in [-0.3, -0.25) is 4.90 Å². The van der Waals surface area contributed by atoms with Crippen molar-refractivity contribution in [2.75, 3.05) is 18.9 Å². The Balaban J connectivity index is 2.05. The van der Waals surface area contributed by atoms with Crippen molar-refractivity contribution in [1.82, 2.24) is 9.88 Å². The first-order chi connectivity index (χ1) is 9.70. The molecule has 3 heteroatoms. The Labute approximate surface area is 123 Å². The highest BCUT2D eigenvalue weighted by Crippen LogP contribution is 2.26. The van der Waals surface area contributed by atoms with Crippen LogP contribution in [0.4, 0.5) is 5.82 Å². The molecule has 1 aromatic rings. The van der Waals surface area contributed by atoms with Crippen molar-refractivity contribution in [2.24, 2.45) is 5.92 Å². The molecule has 1 aliphatic carbocycles. The number of anilines is 1. The van der Waals surface area contributed by atoms with Crippen LogP contribution < -0.4 is 5.32 Å². The zero-order chi connectivity index (χ0) is 14.4. The highest BCUT2D eigenvalue weighted by atomic mass is 15.2. The largest absolute Gasteiger partial charge is 0.373 e. The number of hydrogen-bond donors (Lipinski definition) is 1. The molecule has 1 aromatic heterocycles. The predicted molar refractivity (Wildman–Crippen MR) is 85.9 cm³/mol. The molecule has 0 spiro atoms. The van der Waals surface area contributed by atoms with Gasteiger partial charge < -0.3 is 5.32 Å². The average Bonchev–Trinajstić information content (AvgIpc) is 2.97. The number of pyridine rings is 1. The first-order valence-corrected chi connectivity index (χ1v) is 8.06. The third-order valence-electron chi connectivity index (χ3n) is 4.34. The lowest BCUT2D eigenvalue weighted by atomic mass is 10.1. The molecule has 1 N–H and O–H groups in total. The van der Waals surface area contributed by atoms with Crippen molar-refractivity contribution in [3.8, 4) is 0 Å². The minimum absolute atomic E-state index is 0.775. The second-order valence-corrected chi connectivity index (χ2v) is 6.35. The summed E-state index contributed by atoms with van der Waals surface area (Å²) in [5, 5.41) is 3.22. The van der Waals surface area contributed by atoms with Gasteiger partial charge in [0.15, 0.2) is 0 Å². The minimum Gasteiger partial charge on any atom is -0.373 e. The molecule has 0 amide bonds. The van der Waals surface area contributed by atoms with Crippen LogP contribution in [-0.4, -0.2) is 29.5 Å². The van der Waals surface area contributed by atoms with Gasteiger partial charge in [-0.2, -0.15) is 0 Å². The van der Waals surface area contributed by atoms with Gasteiger partial charge in [0.2, 0.25) is 0 Å². The smallest absolute Gasteiger partial charge is 0.130 e. The van der Waals surface area contributed by atoms with Crippen molar-refractivity contribution in [1.29, 1.82) is 0 Å². The van der Waals surface area contributed by atoms with Crippen LogP contribution in [0.25, 0.3) is 0 Å². The van der Waals surface area contributed by atoms with Gasteiger partial charge in [-0.15, -0.1) is 0 Å². The molecule has 2 rings (SSSR count). The highest BCUT2D eigenvalue weighted by Gasteiger charge is 2.23. The third kappa shape index (κ3) is 4.20. The summed E-state index contributed by atoms with van der Waals surface area (Å²) in [6, 6.07) is 5.03. The van der Waals surface area contributed by atoms with Gasteiger partial charge in [0.25, 0.3) is 0 Å². The lowest BCUT2D eigenvalue weighted by Gasteiger charge is -2.30. The van der Waals surface area contributed by atoms with Crippen LogP contribution in [0, 0.1) is 5.92 Å². The van der Waals surface area contributed by atoms with Gasteiger partial charge in [0.1, 0.15) is 5.82 Å². The van der Waals surface area contributed by atoms with Gasteiger partial charge in [-0.1, -0.05) is 32.8 Å². The summed E-state index contributed by atoms with van der Waals surface area (Å²) in [6.07, 6.45) is 8.68. The average molecular weight is 275 g/mol. The second-order valence-electron chi connectivity index (χ2n) is 6.35. The number of hydrogen-bond acceptors (Lipinski definition) is 3. The molecule has 1 aliphatic rings. The summed E-state index contributed by atoms with van der Waals surface area (Å²) in [4.78, 5) is 7.12. The Bertz CT molecular complexity index is 397. The molecule has 1 fully saturated rings. The van der Waals surface area contributed by atoms with Gasteiger partial charge >= 0.3 is 0 Å². The maximum absolute atomic E-state index is 4.43. The minimum atomic E-state index is 0.775. The van der Waals surface area contributed by atoms with Crippen LogP contribution >= 0.6 is 0 Å². The van der Waals surface area contributed by atoms with Gasteiger partial charge in [-0.25, -0.2) is 4.98 Å². The van der Waals surface area contributed by atoms with Crippen molar-refractivity contribution in [2.45, 2.75) is 58.5 Å². The van der Waals surface area contributed by atoms with E-state index in [-0.39, 0.29) is 0 Å². The quantitative estimate of drug-likeness (QED) is 0.817. The summed E-state index contributed by atoms with van der Waals surface area (Å²) in [7, 11) is 1.96. The summed E-state index contributed by atoms with van der Waals surface area (Å²) in [5.41, 5.74) is 1.32. The van der Waals surface area contributed by atoms with E-state index in [2.05, 4.69) is 35.1 Å². The maximum Gasteiger partial charge on any atom is 0.130 e. The Hall–Kier alpha value is -1.09. The van der Waals surface area contributed by atoms with E-state index < -0.39 is 0 Å². The fourth-order valence-electron chi connectivity index (χ4n) is 3.09. The third-order valence-corrected chi connectivity index (χ3v) is 4.34. The lowest BCUT2D eigenvalue weighted by Crippen LogP contribution is -2.34. The van der Waals surface area contributed by atoms with E-state index in [1.54, 1.807) is 0 Å². The predicted octanol–water partition coefficient (Wildman–Crippen LogP) is 3.91. The Morgan fingerprint density at radius 3 is 2.75 bits per heavy atom. The molecule has 0 saturated heterocycles. The van der Waals surface area contributed by atoms with E-state index in [0.29, 0.717) is 0 Å². The Kier molecular flexibility index (Phi) is 5.84. The van der Waals surface area contributed by atoms with Crippen LogP contribution in [0.15, 0.2) is 18.3 Å². The summed E-state index contributed by atoms with van der Waals surface area (Å²) in [5.74, 6) is 1.80. The maximum atomic E-state index is 4.43. The molecule has 112 valence electrons. The molecule has 1 heterocycles. The lowest BCUT2D eigenvalue weighted by molar-refractivity contribution is 0.179. The monoisotopic (exact) mass is 275 g/mol. The molecule has 0 aromatic carbocycles. The van der Waals surface area contributed by atoms with Crippen LogP contribution in [0.5, 0.6) is 0 Å². The van der Waals surface area contributed by atoms with E-state index >= 15 is 0 Å². The fourth-order valence-corrected chi connectivity index (χ4v) is 3.09. The molecular weight excluding hydrogens is 246 g/mol. The fraction of sp³-hybridized carbons (Fsp3) is 0.706. The molecule has 0 atom stereocenters. The van der Waals surface area contributed by atoms with Gasteiger partial charge in [0, 0.05) is 31.4 Å². The highest BCUT2D eigenvalue weighted by molar-refractivity contribution is 5.42. The van der Waals surface area contributed by atoms with E-state index in [0.717, 1.165) is 24.3 Å². The van der Waals surface area contributed by atoms with Gasteiger partial charge in [0.05, 0.1) is 0 Å². The van der Waals surface area contributed by atoms with Gasteiger partial charge in [-0.05, 0) is 37.8 Å². The molecule has 1 saturated carbocycles. The number of rotatable bonds is 7. The number of nitrogens with zero attached hydrogens (tertiary/aromatic N) is 2. The van der Waals surface area contributed by atoms with E-state index in [4.69, 9.17) is 0 Å². The molecule has 0 bridgehead atoms.